The molecule has 0 fully saturated rings. The summed E-state index contributed by atoms with van der Waals surface area (Å²) in [6.07, 6.45) is -0.633. The number of rotatable bonds is 5. The molecule has 1 rings (SSSR count). The molecule has 1 N–H and O–H groups in total. The van der Waals surface area contributed by atoms with Gasteiger partial charge in [0.05, 0.1) is 7.11 Å². The molecule has 0 bridgehead atoms. The maximum atomic E-state index is 11.5. The van der Waals surface area contributed by atoms with Crippen molar-refractivity contribution in [3.63, 3.8) is 0 Å². The van der Waals surface area contributed by atoms with Crippen molar-refractivity contribution in [3.8, 4) is 0 Å². The summed E-state index contributed by atoms with van der Waals surface area (Å²) >= 11 is 1.99. The number of halogens is 1. The highest BCUT2D eigenvalue weighted by Crippen LogP contribution is 2.01. The third kappa shape index (κ3) is 4.91. The van der Waals surface area contributed by atoms with E-state index in [0.29, 0.717) is 4.43 Å². The number of carbonyl (C=O) groups is 2. The number of hydrogen-bond acceptors (Lipinski definition) is 4. The van der Waals surface area contributed by atoms with E-state index in [1.165, 1.54) is 7.11 Å². The predicted octanol–water partition coefficient (Wildman–Crippen LogP) is 1.89. The number of alkyl carbamates (subject to hydrolysis) is 1. The third-order valence-corrected chi connectivity index (χ3v) is 3.03. The first-order valence-electron chi connectivity index (χ1n) is 5.28. The van der Waals surface area contributed by atoms with Crippen molar-refractivity contribution in [1.82, 2.24) is 5.32 Å². The first-order chi connectivity index (χ1) is 8.67. The van der Waals surface area contributed by atoms with Crippen LogP contribution in [0.5, 0.6) is 0 Å². The Bertz CT molecular complexity index is 396. The van der Waals surface area contributed by atoms with E-state index >= 15 is 0 Å². The fraction of sp³-hybridized carbons (Fsp3) is 0.333. The Morgan fingerprint density at radius 3 is 2.56 bits per heavy atom. The highest BCUT2D eigenvalue weighted by atomic mass is 127. The van der Waals surface area contributed by atoms with Gasteiger partial charge in [-0.1, -0.05) is 52.9 Å². The van der Waals surface area contributed by atoms with Gasteiger partial charge in [0, 0.05) is 4.43 Å². The second-order valence-corrected chi connectivity index (χ2v) is 4.32. The van der Waals surface area contributed by atoms with Gasteiger partial charge in [-0.3, -0.25) is 0 Å². The molecule has 0 radical (unpaired) electrons. The second kappa shape index (κ2) is 7.91. The summed E-state index contributed by atoms with van der Waals surface area (Å²) in [6.45, 7) is 0.168. The lowest BCUT2D eigenvalue weighted by atomic mass is 10.2. The monoisotopic (exact) mass is 363 g/mol. The molecule has 6 heteroatoms. The summed E-state index contributed by atoms with van der Waals surface area (Å²) in [6, 6.07) is 8.62. The van der Waals surface area contributed by atoms with Gasteiger partial charge in [0.15, 0.2) is 0 Å². The zero-order valence-corrected chi connectivity index (χ0v) is 12.0. The Kier molecular flexibility index (Phi) is 6.48. The highest BCUT2D eigenvalue weighted by Gasteiger charge is 2.20. The number of nitrogens with one attached hydrogen (secondary N) is 1. The van der Waals surface area contributed by atoms with Crippen LogP contribution in [-0.4, -0.2) is 29.6 Å². The minimum absolute atomic E-state index is 0.168. The summed E-state index contributed by atoms with van der Waals surface area (Å²) in [7, 11) is 1.28. The van der Waals surface area contributed by atoms with Crippen molar-refractivity contribution in [2.45, 2.75) is 12.6 Å². The molecule has 5 nitrogen and oxygen atoms in total. The van der Waals surface area contributed by atoms with Crippen molar-refractivity contribution in [2.24, 2.45) is 0 Å². The van der Waals surface area contributed by atoms with Gasteiger partial charge in [0.2, 0.25) is 0 Å². The lowest BCUT2D eigenvalue weighted by molar-refractivity contribution is -0.142. The lowest BCUT2D eigenvalue weighted by Gasteiger charge is -2.13. The van der Waals surface area contributed by atoms with E-state index in [-0.39, 0.29) is 6.61 Å². The molecule has 18 heavy (non-hydrogen) atoms. The molecule has 0 aliphatic carbocycles. The predicted molar refractivity (Wildman–Crippen MR) is 74.5 cm³/mol. The standard InChI is InChI=1S/C12H14INO4/c1-17-11(15)10(7-13)14-12(16)18-8-9-5-3-2-4-6-9/h2-6,10H,7-8H2,1H3,(H,14,16). The quantitative estimate of drug-likeness (QED) is 0.493. The van der Waals surface area contributed by atoms with Crippen LogP contribution in [0, 0.1) is 0 Å². The van der Waals surface area contributed by atoms with Gasteiger partial charge in [-0.2, -0.15) is 0 Å². The molecular weight excluding hydrogens is 349 g/mol. The van der Waals surface area contributed by atoms with Crippen LogP contribution in [0.3, 0.4) is 0 Å². The topological polar surface area (TPSA) is 64.6 Å². The largest absolute Gasteiger partial charge is 0.467 e. The minimum atomic E-state index is -0.682. The van der Waals surface area contributed by atoms with E-state index in [0.717, 1.165) is 5.56 Å². The Morgan fingerprint density at radius 1 is 1.33 bits per heavy atom. The molecular formula is C12H14INO4. The average molecular weight is 363 g/mol. The number of hydrogen-bond donors (Lipinski definition) is 1. The van der Waals surface area contributed by atoms with Crippen LogP contribution in [0.4, 0.5) is 4.79 Å². The number of alkyl halides is 1. The number of amides is 1. The van der Waals surface area contributed by atoms with E-state index in [1.54, 1.807) is 0 Å². The summed E-state index contributed by atoms with van der Waals surface area (Å²) < 4.78 is 9.97. The summed E-state index contributed by atoms with van der Waals surface area (Å²) in [5.74, 6) is -0.485. The summed E-state index contributed by atoms with van der Waals surface area (Å²) in [5, 5.41) is 2.44. The number of methoxy groups -OCH3 is 1. The molecule has 0 heterocycles. The molecule has 0 saturated carbocycles. The molecule has 0 aliphatic rings. The van der Waals surface area contributed by atoms with Crippen molar-refractivity contribution in [2.75, 3.05) is 11.5 Å². The van der Waals surface area contributed by atoms with Gasteiger partial charge in [0.1, 0.15) is 12.6 Å². The van der Waals surface area contributed by atoms with E-state index in [9.17, 15) is 9.59 Å². The van der Waals surface area contributed by atoms with Crippen LogP contribution in [-0.2, 0) is 20.9 Å². The van der Waals surface area contributed by atoms with E-state index in [2.05, 4.69) is 10.1 Å². The van der Waals surface area contributed by atoms with Crippen LogP contribution in [0.2, 0.25) is 0 Å². The number of carbonyl (C=O) groups excluding carboxylic acids is 2. The first-order valence-corrected chi connectivity index (χ1v) is 6.81. The smallest absolute Gasteiger partial charge is 0.408 e. The van der Waals surface area contributed by atoms with Crippen molar-refractivity contribution >= 4 is 34.7 Å². The van der Waals surface area contributed by atoms with E-state index in [1.807, 2.05) is 52.9 Å². The van der Waals surface area contributed by atoms with E-state index in [4.69, 9.17) is 4.74 Å². The van der Waals surface area contributed by atoms with Crippen LogP contribution >= 0.6 is 22.6 Å². The van der Waals surface area contributed by atoms with Gasteiger partial charge in [0.25, 0.3) is 0 Å². The van der Waals surface area contributed by atoms with Gasteiger partial charge in [-0.05, 0) is 5.56 Å². The molecule has 0 aliphatic heterocycles. The summed E-state index contributed by atoms with van der Waals surface area (Å²) in [4.78, 5) is 22.7. The molecule has 0 saturated heterocycles. The van der Waals surface area contributed by atoms with Crippen molar-refractivity contribution in [1.29, 1.82) is 0 Å². The van der Waals surface area contributed by atoms with Gasteiger partial charge >= 0.3 is 12.1 Å². The average Bonchev–Trinajstić information content (AvgIpc) is 2.42. The van der Waals surface area contributed by atoms with Crippen LogP contribution in [0.25, 0.3) is 0 Å². The Balaban J connectivity index is 2.39. The van der Waals surface area contributed by atoms with Crippen molar-refractivity contribution in [3.05, 3.63) is 35.9 Å². The fourth-order valence-corrected chi connectivity index (χ4v) is 1.79. The molecule has 0 aromatic heterocycles. The fourth-order valence-electron chi connectivity index (χ4n) is 1.21. The Hall–Kier alpha value is -1.31. The second-order valence-electron chi connectivity index (χ2n) is 3.44. The molecule has 98 valence electrons. The maximum Gasteiger partial charge on any atom is 0.408 e. The molecule has 1 amide bonds. The van der Waals surface area contributed by atoms with E-state index < -0.39 is 18.1 Å². The molecule has 1 aromatic rings. The first kappa shape index (κ1) is 14.7. The minimum Gasteiger partial charge on any atom is -0.467 e. The van der Waals surface area contributed by atoms with Crippen LogP contribution < -0.4 is 5.32 Å². The normalized spacial score (nSPS) is 11.4. The maximum absolute atomic E-state index is 11.5. The Morgan fingerprint density at radius 2 is 2.00 bits per heavy atom. The number of benzene rings is 1. The zero-order valence-electron chi connectivity index (χ0n) is 9.89. The van der Waals surface area contributed by atoms with Crippen molar-refractivity contribution < 1.29 is 19.1 Å². The number of ether oxygens (including phenoxy) is 2. The summed E-state index contributed by atoms with van der Waals surface area (Å²) in [5.41, 5.74) is 0.886. The molecule has 0 spiro atoms. The molecule has 1 unspecified atom stereocenters. The number of esters is 1. The van der Waals surface area contributed by atoms with Gasteiger partial charge in [-0.25, -0.2) is 9.59 Å². The lowest BCUT2D eigenvalue weighted by Crippen LogP contribution is -2.42. The highest BCUT2D eigenvalue weighted by molar-refractivity contribution is 14.1. The SMILES string of the molecule is COC(=O)C(CI)NC(=O)OCc1ccccc1. The van der Waals surface area contributed by atoms with Crippen LogP contribution in [0.1, 0.15) is 5.56 Å². The third-order valence-electron chi connectivity index (χ3n) is 2.14. The zero-order chi connectivity index (χ0) is 13.4. The molecule has 1 aromatic carbocycles. The van der Waals surface area contributed by atoms with Crippen LogP contribution in [0.15, 0.2) is 30.3 Å². The van der Waals surface area contributed by atoms with Gasteiger partial charge < -0.3 is 14.8 Å². The molecule has 1 atom stereocenters. The Labute approximate surface area is 119 Å². The van der Waals surface area contributed by atoms with Gasteiger partial charge in [-0.15, -0.1) is 0 Å².